The average molecular weight is 278 g/mol. The van der Waals surface area contributed by atoms with E-state index in [1.54, 1.807) is 4.57 Å². The first-order valence-electron chi connectivity index (χ1n) is 6.79. The average Bonchev–Trinajstić information content (AvgIpc) is 2.74. The molecule has 0 saturated heterocycles. The van der Waals surface area contributed by atoms with Gasteiger partial charge in [0.1, 0.15) is 16.4 Å². The molecular formula is C13H18N4OS. The normalized spacial score (nSPS) is 15.9. The van der Waals surface area contributed by atoms with E-state index in [0.717, 1.165) is 28.4 Å². The van der Waals surface area contributed by atoms with Gasteiger partial charge in [0.25, 0.3) is 0 Å². The highest BCUT2D eigenvalue weighted by Crippen LogP contribution is 2.36. The molecule has 0 spiro atoms. The molecule has 1 aliphatic rings. The van der Waals surface area contributed by atoms with Gasteiger partial charge < -0.3 is 4.98 Å². The van der Waals surface area contributed by atoms with E-state index < -0.39 is 0 Å². The zero-order valence-electron chi connectivity index (χ0n) is 11.3. The van der Waals surface area contributed by atoms with E-state index in [0.29, 0.717) is 12.5 Å². The van der Waals surface area contributed by atoms with Crippen molar-refractivity contribution >= 4 is 22.9 Å². The highest BCUT2D eigenvalue weighted by molar-refractivity contribution is 7.98. The van der Waals surface area contributed by atoms with Crippen LogP contribution in [-0.2, 0) is 6.54 Å². The summed E-state index contributed by atoms with van der Waals surface area (Å²) in [5.41, 5.74) is 1.50. The van der Waals surface area contributed by atoms with Crippen molar-refractivity contribution in [2.45, 2.75) is 50.1 Å². The summed E-state index contributed by atoms with van der Waals surface area (Å²) < 4.78 is 1.69. The summed E-state index contributed by atoms with van der Waals surface area (Å²) >= 11 is 1.49. The number of nitrogens with zero attached hydrogens (tertiary/aromatic N) is 3. The lowest BCUT2D eigenvalue weighted by Gasteiger charge is -2.22. The quantitative estimate of drug-likeness (QED) is 0.689. The summed E-state index contributed by atoms with van der Waals surface area (Å²) in [6.45, 7) is 2.73. The van der Waals surface area contributed by atoms with E-state index in [1.807, 2.05) is 6.26 Å². The van der Waals surface area contributed by atoms with Crippen molar-refractivity contribution in [3.63, 3.8) is 0 Å². The number of hydrogen-bond donors (Lipinski definition) is 1. The number of imidazole rings is 1. The number of rotatable bonds is 4. The van der Waals surface area contributed by atoms with Crippen molar-refractivity contribution in [2.75, 3.05) is 6.26 Å². The maximum absolute atomic E-state index is 12.1. The van der Waals surface area contributed by atoms with Gasteiger partial charge in [0, 0.05) is 12.5 Å². The molecule has 1 fully saturated rings. The second kappa shape index (κ2) is 5.00. The van der Waals surface area contributed by atoms with E-state index >= 15 is 0 Å². The lowest BCUT2D eigenvalue weighted by Crippen LogP contribution is -2.24. The number of fused-ring (bicyclic) bond motifs is 1. The molecule has 2 aromatic heterocycles. The molecule has 0 atom stereocenters. The largest absolute Gasteiger partial charge is 0.350 e. The van der Waals surface area contributed by atoms with Gasteiger partial charge in [-0.1, -0.05) is 13.3 Å². The van der Waals surface area contributed by atoms with Crippen LogP contribution in [0.15, 0.2) is 9.82 Å². The minimum atomic E-state index is -0.189. The van der Waals surface area contributed by atoms with Crippen LogP contribution in [0.2, 0.25) is 0 Å². The molecular weight excluding hydrogens is 260 g/mol. The lowest BCUT2D eigenvalue weighted by atomic mass is 9.85. The summed E-state index contributed by atoms with van der Waals surface area (Å²) in [4.78, 5) is 24.3. The van der Waals surface area contributed by atoms with Crippen LogP contribution in [0, 0.1) is 0 Å². The summed E-state index contributed by atoms with van der Waals surface area (Å²) in [6, 6.07) is 0. The van der Waals surface area contributed by atoms with Crippen molar-refractivity contribution < 1.29 is 0 Å². The van der Waals surface area contributed by atoms with Gasteiger partial charge in [-0.15, -0.1) is 11.8 Å². The molecule has 102 valence electrons. The van der Waals surface area contributed by atoms with Crippen molar-refractivity contribution in [1.82, 2.24) is 19.5 Å². The van der Waals surface area contributed by atoms with Gasteiger partial charge in [-0.2, -0.15) is 4.98 Å². The molecule has 0 bridgehead atoms. The third-order valence-corrected chi connectivity index (χ3v) is 4.42. The van der Waals surface area contributed by atoms with Crippen LogP contribution >= 0.6 is 11.8 Å². The van der Waals surface area contributed by atoms with Crippen molar-refractivity contribution in [1.29, 1.82) is 0 Å². The molecule has 5 nitrogen and oxygen atoms in total. The fourth-order valence-electron chi connectivity index (χ4n) is 2.47. The topological polar surface area (TPSA) is 63.6 Å². The summed E-state index contributed by atoms with van der Waals surface area (Å²) in [5, 5.41) is 0.755. The Bertz CT molecular complexity index is 656. The Kier molecular flexibility index (Phi) is 3.35. The molecule has 0 unspecified atom stereocenters. The van der Waals surface area contributed by atoms with Crippen LogP contribution in [0.4, 0.5) is 0 Å². The van der Waals surface area contributed by atoms with Gasteiger partial charge >= 0.3 is 5.69 Å². The predicted molar refractivity (Wildman–Crippen MR) is 76.8 cm³/mol. The number of H-pyrrole nitrogens is 1. The Morgan fingerprint density at radius 2 is 2.21 bits per heavy atom. The molecule has 0 amide bonds. The highest BCUT2D eigenvalue weighted by Gasteiger charge is 2.24. The number of aromatic nitrogens is 4. The van der Waals surface area contributed by atoms with Gasteiger partial charge in [0.15, 0.2) is 5.65 Å². The fourth-order valence-corrected chi connectivity index (χ4v) is 2.98. The Hall–Kier alpha value is -1.30. The summed E-state index contributed by atoms with van der Waals surface area (Å²) in [5.74, 6) is 1.56. The van der Waals surface area contributed by atoms with Crippen LogP contribution in [0.25, 0.3) is 11.2 Å². The van der Waals surface area contributed by atoms with Gasteiger partial charge in [0.2, 0.25) is 0 Å². The Morgan fingerprint density at radius 3 is 2.79 bits per heavy atom. The number of hydrogen-bond acceptors (Lipinski definition) is 4. The molecule has 2 heterocycles. The van der Waals surface area contributed by atoms with E-state index in [-0.39, 0.29) is 5.69 Å². The lowest BCUT2D eigenvalue weighted by molar-refractivity contribution is 0.404. The van der Waals surface area contributed by atoms with E-state index in [2.05, 4.69) is 21.9 Å². The molecule has 2 aromatic rings. The van der Waals surface area contributed by atoms with Crippen LogP contribution < -0.4 is 5.69 Å². The second-order valence-electron chi connectivity index (χ2n) is 5.00. The van der Waals surface area contributed by atoms with Crippen LogP contribution in [-0.4, -0.2) is 25.8 Å². The number of nitrogens with one attached hydrogen (secondary N) is 1. The van der Waals surface area contributed by atoms with Crippen LogP contribution in [0.3, 0.4) is 0 Å². The monoisotopic (exact) mass is 278 g/mol. The molecule has 1 saturated carbocycles. The smallest absolute Gasteiger partial charge is 0.338 e. The van der Waals surface area contributed by atoms with E-state index in [1.165, 1.54) is 31.0 Å². The minimum absolute atomic E-state index is 0.189. The van der Waals surface area contributed by atoms with Gasteiger partial charge in [-0.05, 0) is 25.5 Å². The maximum atomic E-state index is 12.1. The Labute approximate surface area is 115 Å². The first-order chi connectivity index (χ1) is 9.24. The maximum Gasteiger partial charge on any atom is 0.350 e. The first-order valence-corrected chi connectivity index (χ1v) is 8.01. The Balaban J connectivity index is 2.20. The first kappa shape index (κ1) is 12.7. The molecule has 1 aliphatic carbocycles. The molecule has 0 radical (unpaired) electrons. The van der Waals surface area contributed by atoms with Crippen molar-refractivity contribution in [2.24, 2.45) is 0 Å². The number of aryl methyl sites for hydroxylation is 1. The third-order valence-electron chi connectivity index (χ3n) is 3.73. The van der Waals surface area contributed by atoms with Gasteiger partial charge in [0.05, 0.1) is 0 Å². The molecule has 0 aliphatic heterocycles. The van der Waals surface area contributed by atoms with Gasteiger partial charge in [-0.25, -0.2) is 9.78 Å². The fraction of sp³-hybridized carbons (Fsp3) is 0.615. The minimum Gasteiger partial charge on any atom is -0.338 e. The van der Waals surface area contributed by atoms with Crippen molar-refractivity contribution in [3.8, 4) is 0 Å². The van der Waals surface area contributed by atoms with Crippen molar-refractivity contribution in [3.05, 3.63) is 16.3 Å². The summed E-state index contributed by atoms with van der Waals surface area (Å²) in [7, 11) is 0. The van der Waals surface area contributed by atoms with E-state index in [4.69, 9.17) is 0 Å². The third kappa shape index (κ3) is 2.08. The number of thioether (sulfide) groups is 1. The van der Waals surface area contributed by atoms with Crippen LogP contribution in [0.1, 0.15) is 44.3 Å². The molecule has 3 rings (SSSR count). The molecule has 1 N–H and O–H groups in total. The standard InChI is InChI=1S/C13H18N4OS/c1-3-7-17-11-9(12(19-2)16-13(17)18)14-10(15-11)8-5-4-6-8/h8H,3-7H2,1-2H3,(H,14,15). The van der Waals surface area contributed by atoms with E-state index in [9.17, 15) is 4.79 Å². The summed E-state index contributed by atoms with van der Waals surface area (Å²) in [6.07, 6.45) is 6.51. The predicted octanol–water partition coefficient (Wildman–Crippen LogP) is 2.52. The SMILES string of the molecule is CCCn1c(=O)nc(SC)c2[nH]c(C3CCC3)nc21. The van der Waals surface area contributed by atoms with Gasteiger partial charge in [-0.3, -0.25) is 4.57 Å². The molecule has 19 heavy (non-hydrogen) atoms. The molecule has 6 heteroatoms. The number of aromatic amines is 1. The zero-order valence-corrected chi connectivity index (χ0v) is 12.1. The molecule has 0 aromatic carbocycles. The second-order valence-corrected chi connectivity index (χ2v) is 5.80. The highest BCUT2D eigenvalue weighted by atomic mass is 32.2. The van der Waals surface area contributed by atoms with Crippen LogP contribution in [0.5, 0.6) is 0 Å². The Morgan fingerprint density at radius 1 is 1.42 bits per heavy atom. The zero-order chi connectivity index (χ0) is 13.4.